The highest BCUT2D eigenvalue weighted by molar-refractivity contribution is 6.08. The molecule has 5 rings (SSSR count). The Bertz CT molecular complexity index is 1600. The molecule has 2 aliphatic rings. The molecule has 1 aromatic heterocycles. The van der Waals surface area contributed by atoms with Gasteiger partial charge in [0, 0.05) is 43.8 Å². The van der Waals surface area contributed by atoms with Crippen molar-refractivity contribution in [3.05, 3.63) is 80.2 Å². The Balaban J connectivity index is 1.57. The largest absolute Gasteiger partial charge is 0.367 e. The van der Waals surface area contributed by atoms with E-state index in [9.17, 15) is 19.2 Å². The van der Waals surface area contributed by atoms with Crippen molar-refractivity contribution in [3.8, 4) is 0 Å². The SMILES string of the molecule is O=C=c1ccc(C=CC(=O)c2cn(C3CC3)c3cc(N4CCNCC4)c(F)cc3c2=O)cc1=C=O. The number of hydrogen-bond acceptors (Lipinski definition) is 6. The van der Waals surface area contributed by atoms with E-state index in [0.29, 0.717) is 29.9 Å². The summed E-state index contributed by atoms with van der Waals surface area (Å²) in [5, 5.41) is 3.53. The van der Waals surface area contributed by atoms with Gasteiger partial charge in [-0.25, -0.2) is 14.0 Å². The van der Waals surface area contributed by atoms with Crippen LogP contribution in [0.5, 0.6) is 0 Å². The summed E-state index contributed by atoms with van der Waals surface area (Å²) in [5.41, 5.74) is 1.01. The van der Waals surface area contributed by atoms with Crippen molar-refractivity contribution in [2.45, 2.75) is 18.9 Å². The van der Waals surface area contributed by atoms with Gasteiger partial charge in [0.05, 0.1) is 27.2 Å². The third-order valence-corrected chi connectivity index (χ3v) is 6.45. The molecule has 1 saturated carbocycles. The number of allylic oxidation sites excluding steroid dienone is 1. The highest BCUT2D eigenvalue weighted by Crippen LogP contribution is 2.38. The number of piperazine rings is 1. The number of rotatable bonds is 5. The number of fused-ring (bicyclic) bond motifs is 1. The van der Waals surface area contributed by atoms with Crippen LogP contribution in [0, 0.1) is 5.82 Å². The van der Waals surface area contributed by atoms with Crippen LogP contribution in [0.2, 0.25) is 0 Å². The lowest BCUT2D eigenvalue weighted by Gasteiger charge is -2.30. The summed E-state index contributed by atoms with van der Waals surface area (Å²) in [7, 11) is 0. The normalized spacial score (nSPS) is 15.9. The van der Waals surface area contributed by atoms with Crippen LogP contribution >= 0.6 is 0 Å². The molecule has 35 heavy (non-hydrogen) atoms. The zero-order valence-electron chi connectivity index (χ0n) is 18.8. The predicted octanol–water partition coefficient (Wildman–Crippen LogP) is 0.788. The molecule has 8 heteroatoms. The minimum atomic E-state index is -0.527. The summed E-state index contributed by atoms with van der Waals surface area (Å²) in [6.07, 6.45) is 6.11. The topological polar surface area (TPSA) is 88.5 Å². The van der Waals surface area contributed by atoms with Gasteiger partial charge in [-0.3, -0.25) is 9.59 Å². The van der Waals surface area contributed by atoms with Crippen molar-refractivity contribution < 1.29 is 18.8 Å². The molecule has 2 aromatic carbocycles. The van der Waals surface area contributed by atoms with E-state index in [-0.39, 0.29) is 27.4 Å². The standard InChI is InChI=1S/C27H22FN3O4/c28-23-12-21-24(13-25(23)30-9-7-29-8-10-30)31(20-4-5-20)14-22(27(21)35)26(34)6-2-17-1-3-18(15-32)19(11-17)16-33/h1-3,6,11-14,20,29H,4-5,7-10H2. The van der Waals surface area contributed by atoms with Crippen molar-refractivity contribution in [1.82, 2.24) is 9.88 Å². The van der Waals surface area contributed by atoms with Crippen LogP contribution in [0.3, 0.4) is 0 Å². The lowest BCUT2D eigenvalue weighted by atomic mass is 10.0. The zero-order chi connectivity index (χ0) is 24.5. The fourth-order valence-corrected chi connectivity index (χ4v) is 4.44. The molecule has 1 aliphatic heterocycles. The van der Waals surface area contributed by atoms with Crippen LogP contribution in [-0.2, 0) is 9.59 Å². The summed E-state index contributed by atoms with van der Waals surface area (Å²) in [6.45, 7) is 2.87. The first-order valence-corrected chi connectivity index (χ1v) is 11.5. The molecular formula is C27H22FN3O4. The van der Waals surface area contributed by atoms with Crippen LogP contribution in [0.25, 0.3) is 17.0 Å². The molecule has 0 atom stereocenters. The van der Waals surface area contributed by atoms with E-state index in [0.717, 1.165) is 25.9 Å². The number of ketones is 1. The minimum absolute atomic E-state index is 0.0344. The Morgan fingerprint density at radius 2 is 1.80 bits per heavy atom. The van der Waals surface area contributed by atoms with Crippen LogP contribution in [0.15, 0.2) is 47.4 Å². The van der Waals surface area contributed by atoms with E-state index in [4.69, 9.17) is 0 Å². The second kappa shape index (κ2) is 9.28. The number of carbonyl (C=O) groups excluding carboxylic acids is 3. The number of nitrogens with one attached hydrogen (secondary N) is 1. The molecule has 0 unspecified atom stereocenters. The van der Waals surface area contributed by atoms with Crippen molar-refractivity contribution in [2.24, 2.45) is 0 Å². The molecule has 3 aromatic rings. The van der Waals surface area contributed by atoms with Crippen LogP contribution < -0.4 is 26.1 Å². The molecule has 0 spiro atoms. The molecule has 0 bridgehead atoms. The Morgan fingerprint density at radius 3 is 2.49 bits per heavy atom. The van der Waals surface area contributed by atoms with E-state index >= 15 is 4.39 Å². The van der Waals surface area contributed by atoms with E-state index in [1.165, 1.54) is 30.4 Å². The van der Waals surface area contributed by atoms with Gasteiger partial charge in [-0.2, -0.15) is 0 Å². The van der Waals surface area contributed by atoms with Gasteiger partial charge >= 0.3 is 0 Å². The van der Waals surface area contributed by atoms with Crippen LogP contribution in [-0.4, -0.2) is 48.4 Å². The molecule has 7 nitrogen and oxygen atoms in total. The number of halogens is 1. The van der Waals surface area contributed by atoms with E-state index in [2.05, 4.69) is 5.32 Å². The lowest BCUT2D eigenvalue weighted by molar-refractivity contribution is 0.104. The molecular weight excluding hydrogens is 449 g/mol. The predicted molar refractivity (Wildman–Crippen MR) is 130 cm³/mol. The van der Waals surface area contributed by atoms with Gasteiger partial charge in [0.2, 0.25) is 5.43 Å². The molecule has 1 N–H and O–H groups in total. The van der Waals surface area contributed by atoms with Gasteiger partial charge in [0.15, 0.2) is 5.78 Å². The highest BCUT2D eigenvalue weighted by Gasteiger charge is 2.28. The maximum Gasteiger partial charge on any atom is 0.200 e. The van der Waals surface area contributed by atoms with Crippen molar-refractivity contribution in [1.29, 1.82) is 0 Å². The molecule has 2 heterocycles. The Morgan fingerprint density at radius 1 is 1.06 bits per heavy atom. The van der Waals surface area contributed by atoms with E-state index in [1.807, 2.05) is 9.47 Å². The first-order chi connectivity index (χ1) is 17.0. The van der Waals surface area contributed by atoms with Gasteiger partial charge in [-0.05, 0) is 48.7 Å². The van der Waals surface area contributed by atoms with Gasteiger partial charge < -0.3 is 14.8 Å². The van der Waals surface area contributed by atoms with Gasteiger partial charge in [-0.15, -0.1) is 0 Å². The molecule has 1 aliphatic carbocycles. The number of anilines is 1. The maximum atomic E-state index is 15.1. The fourth-order valence-electron chi connectivity index (χ4n) is 4.44. The monoisotopic (exact) mass is 471 g/mol. The van der Waals surface area contributed by atoms with E-state index < -0.39 is 17.0 Å². The van der Waals surface area contributed by atoms with Crippen molar-refractivity contribution in [2.75, 3.05) is 31.1 Å². The summed E-state index contributed by atoms with van der Waals surface area (Å²) >= 11 is 0. The quantitative estimate of drug-likeness (QED) is 0.437. The number of nitrogens with zero attached hydrogens (tertiary/aromatic N) is 2. The average Bonchev–Trinajstić information content (AvgIpc) is 3.73. The third kappa shape index (κ3) is 4.38. The van der Waals surface area contributed by atoms with Crippen LogP contribution in [0.4, 0.5) is 10.1 Å². The first-order valence-electron chi connectivity index (χ1n) is 11.5. The summed E-state index contributed by atoms with van der Waals surface area (Å²) < 4.78 is 17.0. The molecule has 1 saturated heterocycles. The van der Waals surface area contributed by atoms with Gasteiger partial charge in [0.25, 0.3) is 0 Å². The number of carbonyl (C=O) groups is 1. The lowest BCUT2D eigenvalue weighted by Crippen LogP contribution is -2.43. The highest BCUT2D eigenvalue weighted by atomic mass is 19.1. The smallest absolute Gasteiger partial charge is 0.200 e. The zero-order valence-corrected chi connectivity index (χ0v) is 18.8. The second-order valence-electron chi connectivity index (χ2n) is 8.77. The number of pyridine rings is 1. The first kappa shape index (κ1) is 22.7. The molecule has 176 valence electrons. The molecule has 0 radical (unpaired) electrons. The average molecular weight is 471 g/mol. The minimum Gasteiger partial charge on any atom is -0.367 e. The van der Waals surface area contributed by atoms with Gasteiger partial charge in [-0.1, -0.05) is 12.1 Å². The van der Waals surface area contributed by atoms with E-state index in [1.54, 1.807) is 30.2 Å². The number of aromatic nitrogens is 1. The Labute approximate surface area is 199 Å². The Hall–Kier alpha value is -4.09. The second-order valence-corrected chi connectivity index (χ2v) is 8.77. The summed E-state index contributed by atoms with van der Waals surface area (Å²) in [4.78, 5) is 50.1. The number of hydrogen-bond donors (Lipinski definition) is 1. The third-order valence-electron chi connectivity index (χ3n) is 6.45. The number of benzene rings is 2. The maximum absolute atomic E-state index is 15.1. The van der Waals surface area contributed by atoms with Crippen molar-refractivity contribution >= 4 is 40.3 Å². The van der Waals surface area contributed by atoms with Gasteiger partial charge in [0.1, 0.15) is 17.7 Å². The summed E-state index contributed by atoms with van der Waals surface area (Å²) in [5.74, 6) is 2.32. The Kier molecular flexibility index (Phi) is 6.01. The molecule has 0 amide bonds. The fraction of sp³-hybridized carbons (Fsp3) is 0.259. The van der Waals surface area contributed by atoms with Crippen molar-refractivity contribution in [3.63, 3.8) is 0 Å². The summed E-state index contributed by atoms with van der Waals surface area (Å²) in [6, 6.07) is 7.51. The molecule has 2 fully saturated rings. The van der Waals surface area contributed by atoms with Crippen LogP contribution in [0.1, 0.15) is 34.8 Å².